The first-order chi connectivity index (χ1) is 18.7. The number of fused-ring (bicyclic) bond motifs is 2. The van der Waals surface area contributed by atoms with Crippen LogP contribution in [0.1, 0.15) is 44.1 Å². The van der Waals surface area contributed by atoms with Gasteiger partial charge in [0.15, 0.2) is 0 Å². The molecule has 1 aromatic carbocycles. The van der Waals surface area contributed by atoms with Gasteiger partial charge in [-0.15, -0.1) is 0 Å². The average Bonchev–Trinajstić information content (AvgIpc) is 3.09. The van der Waals surface area contributed by atoms with Gasteiger partial charge in [-0.3, -0.25) is 0 Å². The van der Waals surface area contributed by atoms with E-state index in [1.165, 1.54) is 0 Å². The third kappa shape index (κ3) is 4.67. The fourth-order valence-electron chi connectivity index (χ4n) is 5.18. The lowest BCUT2D eigenvalue weighted by molar-refractivity contribution is 0.0270. The third-order valence-corrected chi connectivity index (χ3v) is 6.91. The first-order valence-corrected chi connectivity index (χ1v) is 13.0. The normalized spacial score (nSPS) is 14.8. The second-order valence-electron chi connectivity index (χ2n) is 10.9. The molecule has 10 nitrogen and oxygen atoms in total. The molecule has 1 N–H and O–H groups in total. The van der Waals surface area contributed by atoms with Gasteiger partial charge in [-0.1, -0.05) is 12.1 Å². The highest BCUT2D eigenvalue weighted by Gasteiger charge is 2.30. The van der Waals surface area contributed by atoms with E-state index < -0.39 is 5.60 Å². The molecule has 2 aliphatic heterocycles. The van der Waals surface area contributed by atoms with Crippen LogP contribution in [0.2, 0.25) is 0 Å². The average molecular weight is 526 g/mol. The number of amides is 1. The highest BCUT2D eigenvalue weighted by atomic mass is 16.6. The van der Waals surface area contributed by atoms with Crippen molar-refractivity contribution in [2.75, 3.05) is 18.4 Å². The molecular formula is C29H31N7O3. The minimum absolute atomic E-state index is 0.291. The summed E-state index contributed by atoms with van der Waals surface area (Å²) >= 11 is 0. The molecular weight excluding hydrogens is 494 g/mol. The first-order valence-electron chi connectivity index (χ1n) is 13.0. The number of aryl methyl sites for hydroxylation is 2. The summed E-state index contributed by atoms with van der Waals surface area (Å²) in [6, 6.07) is 8.20. The van der Waals surface area contributed by atoms with Gasteiger partial charge in [-0.25, -0.2) is 24.7 Å². The van der Waals surface area contributed by atoms with Crippen molar-refractivity contribution >= 4 is 28.5 Å². The zero-order valence-electron chi connectivity index (χ0n) is 22.8. The van der Waals surface area contributed by atoms with Crippen LogP contribution in [0.25, 0.3) is 27.7 Å². The van der Waals surface area contributed by atoms with Crippen LogP contribution in [0.15, 0.2) is 42.9 Å². The van der Waals surface area contributed by atoms with Gasteiger partial charge >= 0.3 is 12.1 Å². The Morgan fingerprint density at radius 2 is 1.97 bits per heavy atom. The smallest absolute Gasteiger partial charge is 0.410 e. The van der Waals surface area contributed by atoms with Gasteiger partial charge in [0.2, 0.25) is 0 Å². The van der Waals surface area contributed by atoms with E-state index in [4.69, 9.17) is 9.47 Å². The summed E-state index contributed by atoms with van der Waals surface area (Å²) in [5, 5.41) is 4.48. The molecule has 0 spiro atoms. The number of rotatable bonds is 3. The van der Waals surface area contributed by atoms with Gasteiger partial charge in [-0.05, 0) is 69.0 Å². The highest BCUT2D eigenvalue weighted by molar-refractivity contribution is 6.07. The number of carbonyl (C=O) groups is 1. The van der Waals surface area contributed by atoms with Gasteiger partial charge < -0.3 is 24.3 Å². The third-order valence-electron chi connectivity index (χ3n) is 6.91. The molecule has 0 saturated carbocycles. The van der Waals surface area contributed by atoms with Gasteiger partial charge in [0.25, 0.3) is 0 Å². The van der Waals surface area contributed by atoms with Crippen molar-refractivity contribution < 1.29 is 14.3 Å². The maximum Gasteiger partial charge on any atom is 0.410 e. The molecule has 0 bridgehead atoms. The Bertz CT molecular complexity index is 1630. The van der Waals surface area contributed by atoms with Crippen LogP contribution in [0.3, 0.4) is 0 Å². The van der Waals surface area contributed by atoms with E-state index in [1.54, 1.807) is 17.4 Å². The number of hydrogen-bond acceptors (Lipinski definition) is 8. The second kappa shape index (κ2) is 9.37. The van der Waals surface area contributed by atoms with E-state index in [1.807, 2.05) is 52.9 Å². The summed E-state index contributed by atoms with van der Waals surface area (Å²) in [7, 11) is 2.03. The maximum absolute atomic E-state index is 12.7. The van der Waals surface area contributed by atoms with Crippen LogP contribution in [-0.4, -0.2) is 54.2 Å². The van der Waals surface area contributed by atoms with Crippen LogP contribution in [0, 0.1) is 6.92 Å². The Labute approximate surface area is 226 Å². The second-order valence-corrected chi connectivity index (χ2v) is 10.9. The Hall–Kier alpha value is -4.47. The molecule has 39 heavy (non-hydrogen) atoms. The van der Waals surface area contributed by atoms with Crippen molar-refractivity contribution in [3.63, 3.8) is 0 Å². The molecule has 0 atom stereocenters. The Balaban J connectivity index is 1.41. The Morgan fingerprint density at radius 1 is 1.13 bits per heavy atom. The molecule has 0 radical (unpaired) electrons. The number of nitrogens with one attached hydrogen (secondary N) is 1. The molecule has 0 aliphatic carbocycles. The fourth-order valence-corrected chi connectivity index (χ4v) is 5.18. The van der Waals surface area contributed by atoms with Gasteiger partial charge in [0.1, 0.15) is 29.1 Å². The molecule has 3 aromatic heterocycles. The van der Waals surface area contributed by atoms with E-state index in [0.29, 0.717) is 37.8 Å². The van der Waals surface area contributed by atoms with Crippen LogP contribution in [-0.2, 0) is 18.3 Å². The van der Waals surface area contributed by atoms with E-state index in [2.05, 4.69) is 42.0 Å². The van der Waals surface area contributed by atoms with E-state index in [-0.39, 0.29) is 6.09 Å². The number of hydrogen-bond donors (Lipinski definition) is 1. The lowest BCUT2D eigenvalue weighted by Gasteiger charge is -2.30. The Kier molecular flexibility index (Phi) is 5.97. The van der Waals surface area contributed by atoms with E-state index >= 15 is 0 Å². The molecule has 6 rings (SSSR count). The monoisotopic (exact) mass is 525 g/mol. The molecule has 0 saturated heterocycles. The zero-order chi connectivity index (χ0) is 27.3. The SMILES string of the molecule is Cc1ccnc(Oc2ccc3c(c2)CNc2ncnc4c2c-3c(C2=CCN(C(=O)OC(C)(C)C)CC2)n4C)n1. The molecule has 1 amide bonds. The van der Waals surface area contributed by atoms with Gasteiger partial charge in [-0.2, -0.15) is 0 Å². The van der Waals surface area contributed by atoms with Crippen molar-refractivity contribution in [2.24, 2.45) is 7.05 Å². The summed E-state index contributed by atoms with van der Waals surface area (Å²) in [4.78, 5) is 32.2. The lowest BCUT2D eigenvalue weighted by atomic mass is 9.93. The molecule has 5 heterocycles. The molecule has 200 valence electrons. The van der Waals surface area contributed by atoms with Gasteiger partial charge in [0, 0.05) is 44.1 Å². The minimum atomic E-state index is -0.529. The van der Waals surface area contributed by atoms with Crippen molar-refractivity contribution in [1.82, 2.24) is 29.4 Å². The first kappa shape index (κ1) is 24.8. The number of anilines is 1. The van der Waals surface area contributed by atoms with Crippen LogP contribution in [0.5, 0.6) is 11.8 Å². The highest BCUT2D eigenvalue weighted by Crippen LogP contribution is 2.45. The summed E-state index contributed by atoms with van der Waals surface area (Å²) in [5.41, 5.74) is 6.65. The number of aromatic nitrogens is 5. The molecule has 4 aromatic rings. The largest absolute Gasteiger partial charge is 0.444 e. The molecule has 2 aliphatic rings. The zero-order valence-corrected chi connectivity index (χ0v) is 22.8. The van der Waals surface area contributed by atoms with Crippen LogP contribution in [0.4, 0.5) is 10.6 Å². The molecule has 10 heteroatoms. The van der Waals surface area contributed by atoms with Crippen LogP contribution < -0.4 is 10.1 Å². The summed E-state index contributed by atoms with van der Waals surface area (Å²) in [6.45, 7) is 9.20. The van der Waals surface area contributed by atoms with Crippen molar-refractivity contribution in [3.8, 4) is 22.9 Å². The van der Waals surface area contributed by atoms with Crippen molar-refractivity contribution in [1.29, 1.82) is 0 Å². The fraction of sp³-hybridized carbons (Fsp3) is 0.345. The lowest BCUT2D eigenvalue weighted by Crippen LogP contribution is -2.39. The van der Waals surface area contributed by atoms with E-state index in [0.717, 1.165) is 50.5 Å². The quantitative estimate of drug-likeness (QED) is 0.375. The summed E-state index contributed by atoms with van der Waals surface area (Å²) < 4.78 is 13.7. The topological polar surface area (TPSA) is 107 Å². The standard InChI is InChI=1S/C29H31N7O3/c1-17-8-11-30-27(34-17)38-20-6-7-21-19(14-20)15-31-25-23-22(21)24(35(5)26(23)33-16-32-25)18-9-12-36(13-10-18)28(37)39-29(2,3)4/h6-9,11,14,16H,10,12-13,15H2,1-5H3,(H,31,32,33). The predicted octanol–water partition coefficient (Wildman–Crippen LogP) is 5.48. The Morgan fingerprint density at radius 3 is 2.72 bits per heavy atom. The number of nitrogens with zero attached hydrogens (tertiary/aromatic N) is 6. The van der Waals surface area contributed by atoms with Crippen LogP contribution >= 0.6 is 0 Å². The number of carbonyl (C=O) groups excluding carboxylic acids is 1. The predicted molar refractivity (Wildman–Crippen MR) is 149 cm³/mol. The van der Waals surface area contributed by atoms with Crippen molar-refractivity contribution in [2.45, 2.75) is 46.3 Å². The molecule has 0 fully saturated rings. The summed E-state index contributed by atoms with van der Waals surface area (Å²) in [5.74, 6) is 1.46. The number of benzene rings is 1. The molecule has 0 unspecified atom stereocenters. The van der Waals surface area contributed by atoms with E-state index in [9.17, 15) is 4.79 Å². The maximum atomic E-state index is 12.7. The van der Waals surface area contributed by atoms with Crippen molar-refractivity contribution in [3.05, 3.63) is 59.8 Å². The number of ether oxygens (including phenoxy) is 2. The van der Waals surface area contributed by atoms with Gasteiger partial charge in [0.05, 0.1) is 11.1 Å². The minimum Gasteiger partial charge on any atom is -0.444 e. The summed E-state index contributed by atoms with van der Waals surface area (Å²) in [6.07, 6.45) is 5.81.